The predicted molar refractivity (Wildman–Crippen MR) is 139 cm³/mol. The van der Waals surface area contributed by atoms with Crippen molar-refractivity contribution in [2.24, 2.45) is 17.8 Å². The van der Waals surface area contributed by atoms with Gasteiger partial charge in [-0.15, -0.1) is 0 Å². The fourth-order valence-corrected chi connectivity index (χ4v) is 5.88. The van der Waals surface area contributed by atoms with Gasteiger partial charge in [0.15, 0.2) is 5.78 Å². The fraction of sp³-hybridized carbons (Fsp3) is 0.833. The van der Waals surface area contributed by atoms with Crippen LogP contribution in [0.15, 0.2) is 22.3 Å². The molecule has 4 atom stereocenters. The molecular formula is C30H52O3. The quantitative estimate of drug-likeness (QED) is 0.276. The number of hydrogen-bond acceptors (Lipinski definition) is 3. The van der Waals surface area contributed by atoms with E-state index in [0.29, 0.717) is 0 Å². The van der Waals surface area contributed by atoms with Crippen LogP contribution in [0.3, 0.4) is 0 Å². The first-order valence-electron chi connectivity index (χ1n) is 13.6. The lowest BCUT2D eigenvalue weighted by molar-refractivity contribution is -0.253. The molecule has 2 aliphatic rings. The van der Waals surface area contributed by atoms with E-state index in [-0.39, 0.29) is 11.4 Å². The molecule has 0 aromatic carbocycles. The normalized spacial score (nSPS) is 27.9. The van der Waals surface area contributed by atoms with Crippen LogP contribution in [0.2, 0.25) is 0 Å². The maximum Gasteiger partial charge on any atom is 0.215 e. The van der Waals surface area contributed by atoms with Crippen molar-refractivity contribution in [3.8, 4) is 0 Å². The van der Waals surface area contributed by atoms with Crippen molar-refractivity contribution in [3.63, 3.8) is 0 Å². The minimum Gasteiger partial charge on any atom is -0.346 e. The van der Waals surface area contributed by atoms with Gasteiger partial charge in [-0.3, -0.25) is 4.79 Å². The number of Topliss-reactive ketones (excluding diaryl/α,β-unsaturated/α-hetero) is 1. The number of carbonyl (C=O) groups excluding carboxylic acids is 1. The van der Waals surface area contributed by atoms with Gasteiger partial charge in [0.05, 0.1) is 5.60 Å². The van der Waals surface area contributed by atoms with Crippen molar-refractivity contribution in [2.45, 2.75) is 137 Å². The molecule has 0 amide bonds. The van der Waals surface area contributed by atoms with E-state index in [1.54, 1.807) is 7.11 Å². The highest BCUT2D eigenvalue weighted by Gasteiger charge is 2.51. The minimum atomic E-state index is -0.855. The Balaban J connectivity index is 1.82. The van der Waals surface area contributed by atoms with Gasteiger partial charge in [0.1, 0.15) is 0 Å². The molecule has 3 nitrogen and oxygen atoms in total. The van der Waals surface area contributed by atoms with Crippen molar-refractivity contribution in [2.75, 3.05) is 7.11 Å². The molecule has 1 heterocycles. The summed E-state index contributed by atoms with van der Waals surface area (Å²) in [6.07, 6.45) is 13.5. The summed E-state index contributed by atoms with van der Waals surface area (Å²) in [5.74, 6) is 1.76. The molecule has 0 radical (unpaired) electrons. The standard InChI is InChI=1S/C30H52O3/c1-21(2)13-10-14-22(3)15-11-16-23(4)17-12-19-29(8)20-18-27-25(6)28(31)24(5)26(7)30(27,32-9)33-29/h21-23H,10-20H2,1-9H3/t22-,23-,29-,30?/m1/s1. The lowest BCUT2D eigenvalue weighted by Crippen LogP contribution is -2.53. The van der Waals surface area contributed by atoms with E-state index in [4.69, 9.17) is 9.47 Å². The van der Waals surface area contributed by atoms with E-state index in [2.05, 4.69) is 34.6 Å². The van der Waals surface area contributed by atoms with E-state index < -0.39 is 5.79 Å². The summed E-state index contributed by atoms with van der Waals surface area (Å²) in [6, 6.07) is 0. The minimum absolute atomic E-state index is 0.144. The number of hydrogen-bond donors (Lipinski definition) is 0. The van der Waals surface area contributed by atoms with Crippen LogP contribution >= 0.6 is 0 Å². The van der Waals surface area contributed by atoms with Gasteiger partial charge in [-0.05, 0) is 70.3 Å². The van der Waals surface area contributed by atoms with E-state index in [1.807, 2.05) is 20.8 Å². The Hall–Kier alpha value is -0.930. The Bertz CT molecular complexity index is 731. The monoisotopic (exact) mass is 460 g/mol. The Morgan fingerprint density at radius 3 is 1.97 bits per heavy atom. The molecule has 1 fully saturated rings. The van der Waals surface area contributed by atoms with E-state index in [1.165, 1.54) is 51.4 Å². The first-order chi connectivity index (χ1) is 15.5. The number of ether oxygens (including phenoxy) is 2. The van der Waals surface area contributed by atoms with Gasteiger partial charge in [-0.2, -0.15) is 0 Å². The zero-order valence-electron chi connectivity index (χ0n) is 23.2. The van der Waals surface area contributed by atoms with Crippen LogP contribution in [-0.4, -0.2) is 24.3 Å². The lowest BCUT2D eigenvalue weighted by atomic mass is 9.75. The van der Waals surface area contributed by atoms with Crippen LogP contribution in [0.1, 0.15) is 126 Å². The summed E-state index contributed by atoms with van der Waals surface area (Å²) in [7, 11) is 1.72. The second-order valence-electron chi connectivity index (χ2n) is 11.9. The molecule has 1 aliphatic heterocycles. The summed E-state index contributed by atoms with van der Waals surface area (Å²) < 4.78 is 12.8. The summed E-state index contributed by atoms with van der Waals surface area (Å²) in [4.78, 5) is 12.6. The van der Waals surface area contributed by atoms with Crippen molar-refractivity contribution < 1.29 is 14.3 Å². The smallest absolute Gasteiger partial charge is 0.215 e. The molecule has 1 unspecified atom stereocenters. The molecule has 0 saturated carbocycles. The second-order valence-corrected chi connectivity index (χ2v) is 11.9. The molecule has 2 rings (SSSR count). The molecule has 0 aromatic rings. The van der Waals surface area contributed by atoms with Gasteiger partial charge in [0, 0.05) is 23.8 Å². The molecule has 190 valence electrons. The largest absolute Gasteiger partial charge is 0.346 e. The zero-order valence-corrected chi connectivity index (χ0v) is 23.2. The number of carbonyl (C=O) groups is 1. The third-order valence-corrected chi connectivity index (χ3v) is 8.44. The highest BCUT2D eigenvalue weighted by Crippen LogP contribution is 2.50. The topological polar surface area (TPSA) is 35.5 Å². The molecular weight excluding hydrogens is 408 g/mol. The summed E-state index contributed by atoms with van der Waals surface area (Å²) in [6.45, 7) is 17.6. The number of ketones is 1. The first-order valence-corrected chi connectivity index (χ1v) is 13.6. The van der Waals surface area contributed by atoms with Crippen LogP contribution < -0.4 is 0 Å². The molecule has 0 spiro atoms. The third-order valence-electron chi connectivity index (χ3n) is 8.44. The van der Waals surface area contributed by atoms with Crippen LogP contribution in [0.4, 0.5) is 0 Å². The van der Waals surface area contributed by atoms with Crippen LogP contribution in [0, 0.1) is 17.8 Å². The Morgan fingerprint density at radius 1 is 0.879 bits per heavy atom. The van der Waals surface area contributed by atoms with Crippen LogP contribution in [-0.2, 0) is 14.3 Å². The Labute approximate surface area is 204 Å². The van der Waals surface area contributed by atoms with Gasteiger partial charge >= 0.3 is 0 Å². The first kappa shape index (κ1) is 28.3. The molecule has 0 bridgehead atoms. The van der Waals surface area contributed by atoms with E-state index in [9.17, 15) is 4.79 Å². The average molecular weight is 461 g/mol. The lowest BCUT2D eigenvalue weighted by Gasteiger charge is -2.50. The SMILES string of the molecule is COC12O[C@](C)(CCC[C@H](C)CCC[C@H](C)CCCC(C)C)CCC1=C(C)C(=O)C(C)=C2C. The maximum atomic E-state index is 12.6. The Morgan fingerprint density at radius 2 is 1.42 bits per heavy atom. The predicted octanol–water partition coefficient (Wildman–Crippen LogP) is 8.57. The Kier molecular flexibility index (Phi) is 10.4. The number of fused-ring (bicyclic) bond motifs is 1. The van der Waals surface area contributed by atoms with Gasteiger partial charge in [0.25, 0.3) is 0 Å². The van der Waals surface area contributed by atoms with Gasteiger partial charge in [0.2, 0.25) is 5.79 Å². The van der Waals surface area contributed by atoms with Crippen molar-refractivity contribution in [1.29, 1.82) is 0 Å². The number of methoxy groups -OCH3 is 1. The van der Waals surface area contributed by atoms with Gasteiger partial charge < -0.3 is 9.47 Å². The van der Waals surface area contributed by atoms with Crippen molar-refractivity contribution in [1.82, 2.24) is 0 Å². The van der Waals surface area contributed by atoms with Gasteiger partial charge in [-0.1, -0.05) is 79.1 Å². The molecule has 33 heavy (non-hydrogen) atoms. The molecule has 3 heteroatoms. The fourth-order valence-electron chi connectivity index (χ4n) is 5.88. The molecule has 0 aromatic heterocycles. The average Bonchev–Trinajstić information content (AvgIpc) is 2.75. The molecule has 1 saturated heterocycles. The summed E-state index contributed by atoms with van der Waals surface area (Å²) in [5, 5.41) is 0. The van der Waals surface area contributed by atoms with Crippen LogP contribution in [0.25, 0.3) is 0 Å². The van der Waals surface area contributed by atoms with E-state index >= 15 is 0 Å². The third kappa shape index (κ3) is 7.04. The molecule has 1 aliphatic carbocycles. The van der Waals surface area contributed by atoms with Crippen LogP contribution in [0.5, 0.6) is 0 Å². The van der Waals surface area contributed by atoms with E-state index in [0.717, 1.165) is 59.3 Å². The summed E-state index contributed by atoms with van der Waals surface area (Å²) in [5.41, 5.74) is 3.33. The highest BCUT2D eigenvalue weighted by molar-refractivity contribution is 6.10. The van der Waals surface area contributed by atoms with Gasteiger partial charge in [-0.25, -0.2) is 0 Å². The number of allylic oxidation sites excluding steroid dienone is 2. The zero-order chi connectivity index (χ0) is 24.8. The van der Waals surface area contributed by atoms with Crippen molar-refractivity contribution in [3.05, 3.63) is 22.3 Å². The summed E-state index contributed by atoms with van der Waals surface area (Å²) >= 11 is 0. The molecule has 0 N–H and O–H groups in total. The highest BCUT2D eigenvalue weighted by atomic mass is 16.7. The maximum absolute atomic E-state index is 12.6. The number of rotatable bonds is 13. The second kappa shape index (κ2) is 12.2. The van der Waals surface area contributed by atoms with Crippen molar-refractivity contribution >= 4 is 5.78 Å².